The molecule has 17 heavy (non-hydrogen) atoms. The first kappa shape index (κ1) is 11.3. The number of anilines is 3. The molecule has 90 valence electrons. The molecule has 0 spiro atoms. The molecule has 0 aliphatic heterocycles. The fraction of sp³-hybridized carbons (Fsp3) is 0.273. The summed E-state index contributed by atoms with van der Waals surface area (Å²) >= 11 is 0. The summed E-state index contributed by atoms with van der Waals surface area (Å²) in [5, 5.41) is 10.2. The van der Waals surface area contributed by atoms with E-state index >= 15 is 0 Å². The molecule has 0 saturated carbocycles. The van der Waals surface area contributed by atoms with Gasteiger partial charge >= 0.3 is 0 Å². The number of hydrogen-bond donors (Lipinski definition) is 2. The Hall–Kier alpha value is -2.24. The number of hydrogen-bond acceptors (Lipinski definition) is 6. The summed E-state index contributed by atoms with van der Waals surface area (Å²) in [6.07, 6.45) is 0. The summed E-state index contributed by atoms with van der Waals surface area (Å²) in [6, 6.07) is 8.21. The number of nitrogens with one attached hydrogen (secondary N) is 1. The third-order valence-electron chi connectivity index (χ3n) is 2.43. The zero-order chi connectivity index (χ0) is 12.3. The SMILES string of the molecule is CN(C)c1ccc(CNc2nonc2N)cc1. The predicted octanol–water partition coefficient (Wildman–Crippen LogP) is 1.33. The van der Waals surface area contributed by atoms with E-state index in [0.717, 1.165) is 11.3 Å². The molecule has 0 amide bonds. The van der Waals surface area contributed by atoms with Gasteiger partial charge in [0.1, 0.15) is 0 Å². The van der Waals surface area contributed by atoms with Crippen molar-refractivity contribution in [3.05, 3.63) is 29.8 Å². The molecule has 6 heteroatoms. The molecule has 1 aromatic carbocycles. The van der Waals surface area contributed by atoms with Crippen molar-refractivity contribution >= 4 is 17.3 Å². The fourth-order valence-electron chi connectivity index (χ4n) is 1.42. The summed E-state index contributed by atoms with van der Waals surface area (Å²) in [7, 11) is 4.02. The molecule has 1 heterocycles. The number of nitrogens with two attached hydrogens (primary N) is 1. The van der Waals surface area contributed by atoms with Gasteiger partial charge in [0.25, 0.3) is 0 Å². The lowest BCUT2D eigenvalue weighted by molar-refractivity contribution is 0.310. The van der Waals surface area contributed by atoms with Gasteiger partial charge in [0.05, 0.1) is 0 Å². The van der Waals surface area contributed by atoms with Crippen molar-refractivity contribution in [1.29, 1.82) is 0 Å². The van der Waals surface area contributed by atoms with E-state index in [2.05, 4.69) is 37.3 Å². The minimum Gasteiger partial charge on any atom is -0.378 e. The maximum atomic E-state index is 5.53. The zero-order valence-corrected chi connectivity index (χ0v) is 9.84. The van der Waals surface area contributed by atoms with Gasteiger partial charge < -0.3 is 16.0 Å². The first-order valence-electron chi connectivity index (χ1n) is 5.25. The second kappa shape index (κ2) is 4.73. The Bertz CT molecular complexity index is 477. The summed E-state index contributed by atoms with van der Waals surface area (Å²) in [5.74, 6) is 0.747. The lowest BCUT2D eigenvalue weighted by Gasteiger charge is -2.12. The molecule has 0 bridgehead atoms. The van der Waals surface area contributed by atoms with Crippen LogP contribution in [0.2, 0.25) is 0 Å². The van der Waals surface area contributed by atoms with Crippen molar-refractivity contribution in [2.24, 2.45) is 0 Å². The molecule has 6 nitrogen and oxygen atoms in total. The third kappa shape index (κ3) is 2.66. The molecule has 0 atom stereocenters. The van der Waals surface area contributed by atoms with Gasteiger partial charge in [-0.1, -0.05) is 12.1 Å². The highest BCUT2D eigenvalue weighted by Gasteiger charge is 2.04. The van der Waals surface area contributed by atoms with Gasteiger partial charge in [0.15, 0.2) is 0 Å². The smallest absolute Gasteiger partial charge is 0.215 e. The average molecular weight is 233 g/mol. The van der Waals surface area contributed by atoms with Gasteiger partial charge in [0, 0.05) is 26.3 Å². The Balaban J connectivity index is 1.98. The molecule has 0 fully saturated rings. The molecule has 0 aliphatic carbocycles. The molecule has 0 radical (unpaired) electrons. The van der Waals surface area contributed by atoms with Crippen LogP contribution in [0, 0.1) is 0 Å². The van der Waals surface area contributed by atoms with Crippen LogP contribution < -0.4 is 16.0 Å². The minimum absolute atomic E-state index is 0.273. The van der Waals surface area contributed by atoms with Crippen LogP contribution in [0.5, 0.6) is 0 Å². The second-order valence-electron chi connectivity index (χ2n) is 3.91. The van der Waals surface area contributed by atoms with E-state index in [1.54, 1.807) is 0 Å². The lowest BCUT2D eigenvalue weighted by atomic mass is 10.2. The molecule has 3 N–H and O–H groups in total. The Morgan fingerprint density at radius 3 is 2.47 bits per heavy atom. The zero-order valence-electron chi connectivity index (χ0n) is 9.84. The van der Waals surface area contributed by atoms with Crippen LogP contribution in [0.15, 0.2) is 28.9 Å². The van der Waals surface area contributed by atoms with Crippen LogP contribution in [-0.2, 0) is 6.54 Å². The van der Waals surface area contributed by atoms with Crippen molar-refractivity contribution < 1.29 is 4.63 Å². The number of aromatic nitrogens is 2. The number of benzene rings is 1. The first-order valence-corrected chi connectivity index (χ1v) is 5.25. The van der Waals surface area contributed by atoms with Gasteiger partial charge in [-0.25, -0.2) is 4.63 Å². The monoisotopic (exact) mass is 233 g/mol. The van der Waals surface area contributed by atoms with E-state index in [1.807, 2.05) is 26.2 Å². The van der Waals surface area contributed by atoms with Gasteiger partial charge in [0.2, 0.25) is 11.6 Å². The average Bonchev–Trinajstić information content (AvgIpc) is 2.73. The second-order valence-corrected chi connectivity index (χ2v) is 3.91. The van der Waals surface area contributed by atoms with E-state index in [0.29, 0.717) is 12.4 Å². The maximum Gasteiger partial charge on any atom is 0.215 e. The largest absolute Gasteiger partial charge is 0.378 e. The van der Waals surface area contributed by atoms with Crippen LogP contribution in [0.4, 0.5) is 17.3 Å². The standard InChI is InChI=1S/C11H15N5O/c1-16(2)9-5-3-8(4-6-9)7-13-11-10(12)14-17-15-11/h3-6H,7H2,1-2H3,(H2,12,14)(H,13,15). The van der Waals surface area contributed by atoms with Crippen molar-refractivity contribution in [2.45, 2.75) is 6.54 Å². The highest BCUT2D eigenvalue weighted by molar-refractivity contribution is 5.54. The predicted molar refractivity (Wildman–Crippen MR) is 66.8 cm³/mol. The highest BCUT2D eigenvalue weighted by Crippen LogP contribution is 2.15. The highest BCUT2D eigenvalue weighted by atomic mass is 16.6. The number of rotatable bonds is 4. The Kier molecular flexibility index (Phi) is 3.13. The Labute approximate surface area is 99.4 Å². The van der Waals surface area contributed by atoms with Crippen molar-refractivity contribution in [1.82, 2.24) is 10.3 Å². The maximum absolute atomic E-state index is 5.53. The van der Waals surface area contributed by atoms with Gasteiger partial charge in [-0.3, -0.25) is 0 Å². The van der Waals surface area contributed by atoms with E-state index < -0.39 is 0 Å². The summed E-state index contributed by atoms with van der Waals surface area (Å²) in [6.45, 7) is 0.631. The molecule has 0 unspecified atom stereocenters. The van der Waals surface area contributed by atoms with Crippen LogP contribution >= 0.6 is 0 Å². The Morgan fingerprint density at radius 1 is 1.24 bits per heavy atom. The molecule has 1 aromatic heterocycles. The van der Waals surface area contributed by atoms with Crippen molar-refractivity contribution in [3.8, 4) is 0 Å². The van der Waals surface area contributed by atoms with E-state index in [-0.39, 0.29) is 5.82 Å². The van der Waals surface area contributed by atoms with E-state index in [1.165, 1.54) is 0 Å². The molecular formula is C11H15N5O. The summed E-state index contributed by atoms with van der Waals surface area (Å²) in [4.78, 5) is 2.05. The van der Waals surface area contributed by atoms with Crippen LogP contribution in [0.1, 0.15) is 5.56 Å². The molecule has 0 saturated heterocycles. The van der Waals surface area contributed by atoms with Crippen LogP contribution in [-0.4, -0.2) is 24.4 Å². The summed E-state index contributed by atoms with van der Waals surface area (Å²) in [5.41, 5.74) is 7.83. The topological polar surface area (TPSA) is 80.2 Å². The minimum atomic E-state index is 0.273. The summed E-state index contributed by atoms with van der Waals surface area (Å²) < 4.78 is 4.49. The third-order valence-corrected chi connectivity index (χ3v) is 2.43. The van der Waals surface area contributed by atoms with E-state index in [4.69, 9.17) is 5.73 Å². The van der Waals surface area contributed by atoms with Gasteiger partial charge in [-0.05, 0) is 28.0 Å². The normalized spacial score (nSPS) is 10.2. The van der Waals surface area contributed by atoms with Crippen LogP contribution in [0.3, 0.4) is 0 Å². The molecular weight excluding hydrogens is 218 g/mol. The van der Waals surface area contributed by atoms with Gasteiger partial charge in [-0.2, -0.15) is 0 Å². The number of nitrogen functional groups attached to an aromatic ring is 1. The lowest BCUT2D eigenvalue weighted by Crippen LogP contribution is -2.08. The number of nitrogens with zero attached hydrogens (tertiary/aromatic N) is 3. The molecule has 2 rings (SSSR count). The van der Waals surface area contributed by atoms with E-state index in [9.17, 15) is 0 Å². The molecule has 2 aromatic rings. The van der Waals surface area contributed by atoms with Crippen LogP contribution in [0.25, 0.3) is 0 Å². The molecule has 0 aliphatic rings. The first-order chi connectivity index (χ1) is 8.16. The fourth-order valence-corrected chi connectivity index (χ4v) is 1.42. The quantitative estimate of drug-likeness (QED) is 0.829. The van der Waals surface area contributed by atoms with Crippen molar-refractivity contribution in [3.63, 3.8) is 0 Å². The van der Waals surface area contributed by atoms with Gasteiger partial charge in [-0.15, -0.1) is 0 Å². The Morgan fingerprint density at radius 2 is 1.94 bits per heavy atom. The van der Waals surface area contributed by atoms with Crippen molar-refractivity contribution in [2.75, 3.05) is 30.0 Å².